The quantitative estimate of drug-likeness (QED) is 0.711. The van der Waals surface area contributed by atoms with Crippen LogP contribution < -0.4 is 15.5 Å². The fourth-order valence-corrected chi connectivity index (χ4v) is 4.17. The van der Waals surface area contributed by atoms with Crippen LogP contribution in [0.4, 0.5) is 11.4 Å². The number of amides is 2. The second kappa shape index (κ2) is 7.68. The highest BCUT2D eigenvalue weighted by atomic mass is 16.4. The van der Waals surface area contributed by atoms with Crippen LogP contribution in [0.25, 0.3) is 0 Å². The average molecular weight is 373 g/mol. The van der Waals surface area contributed by atoms with Crippen LogP contribution >= 0.6 is 0 Å². The molecule has 7 heteroatoms. The van der Waals surface area contributed by atoms with Crippen molar-refractivity contribution >= 4 is 29.2 Å². The third-order valence-corrected chi connectivity index (χ3v) is 5.88. The largest absolute Gasteiger partial charge is 0.480 e. The first-order valence-electron chi connectivity index (χ1n) is 9.60. The molecule has 0 unspecified atom stereocenters. The number of nitrogens with one attached hydrogen (secondary N) is 2. The molecule has 27 heavy (non-hydrogen) atoms. The average Bonchev–Trinajstić information content (AvgIpc) is 3.12. The number of carboxylic acids is 1. The van der Waals surface area contributed by atoms with E-state index in [1.54, 1.807) is 11.0 Å². The highest BCUT2D eigenvalue weighted by molar-refractivity contribution is 6.15. The van der Waals surface area contributed by atoms with Gasteiger partial charge in [-0.1, -0.05) is 45.2 Å². The Hall–Kier alpha value is -2.41. The van der Waals surface area contributed by atoms with E-state index in [1.807, 2.05) is 32.0 Å². The first kappa shape index (κ1) is 19.4. The summed E-state index contributed by atoms with van der Waals surface area (Å²) >= 11 is 0. The van der Waals surface area contributed by atoms with Gasteiger partial charge in [0, 0.05) is 0 Å². The summed E-state index contributed by atoms with van der Waals surface area (Å²) in [6.45, 7) is 3.64. The van der Waals surface area contributed by atoms with Crippen LogP contribution in [-0.4, -0.2) is 41.0 Å². The van der Waals surface area contributed by atoms with Crippen molar-refractivity contribution in [3.63, 3.8) is 0 Å². The molecule has 1 aliphatic carbocycles. The predicted molar refractivity (Wildman–Crippen MR) is 103 cm³/mol. The topological polar surface area (TPSA) is 98.7 Å². The lowest BCUT2D eigenvalue weighted by Crippen LogP contribution is -2.62. The molecule has 3 N–H and O–H groups in total. The summed E-state index contributed by atoms with van der Waals surface area (Å²) in [6.07, 6.45) is 3.70. The monoisotopic (exact) mass is 373 g/mol. The molecule has 1 saturated carbocycles. The molecule has 0 bridgehead atoms. The Bertz CT molecular complexity index is 742. The highest BCUT2D eigenvalue weighted by Crippen LogP contribution is 2.45. The molecule has 2 atom stereocenters. The van der Waals surface area contributed by atoms with E-state index in [-0.39, 0.29) is 24.3 Å². The number of carboxylic acid groups (broad SMARTS) is 1. The fourth-order valence-electron chi connectivity index (χ4n) is 4.17. The molecule has 146 valence electrons. The third kappa shape index (κ3) is 3.43. The van der Waals surface area contributed by atoms with Gasteiger partial charge in [-0.2, -0.15) is 0 Å². The Balaban J connectivity index is 1.88. The minimum Gasteiger partial charge on any atom is -0.480 e. The van der Waals surface area contributed by atoms with Crippen LogP contribution in [-0.2, 0) is 14.4 Å². The van der Waals surface area contributed by atoms with E-state index in [4.69, 9.17) is 0 Å². The molecule has 0 radical (unpaired) electrons. The van der Waals surface area contributed by atoms with Gasteiger partial charge in [0.25, 0.3) is 5.91 Å². The van der Waals surface area contributed by atoms with E-state index in [9.17, 15) is 19.5 Å². The first-order chi connectivity index (χ1) is 12.9. The van der Waals surface area contributed by atoms with Gasteiger partial charge >= 0.3 is 5.97 Å². The van der Waals surface area contributed by atoms with Crippen molar-refractivity contribution in [1.29, 1.82) is 0 Å². The van der Waals surface area contributed by atoms with Crippen molar-refractivity contribution in [2.75, 3.05) is 16.8 Å². The molecule has 1 aromatic rings. The Morgan fingerprint density at radius 3 is 2.59 bits per heavy atom. The van der Waals surface area contributed by atoms with Crippen molar-refractivity contribution in [3.8, 4) is 0 Å². The second-order valence-corrected chi connectivity index (χ2v) is 7.52. The summed E-state index contributed by atoms with van der Waals surface area (Å²) in [7, 11) is 0. The Morgan fingerprint density at radius 1 is 1.30 bits per heavy atom. The van der Waals surface area contributed by atoms with E-state index in [1.165, 1.54) is 0 Å². The van der Waals surface area contributed by atoms with E-state index in [0.717, 1.165) is 12.8 Å². The van der Waals surface area contributed by atoms with Gasteiger partial charge in [0.05, 0.1) is 17.9 Å². The van der Waals surface area contributed by atoms with Crippen LogP contribution in [0, 0.1) is 5.92 Å². The summed E-state index contributed by atoms with van der Waals surface area (Å²) < 4.78 is 0. The Labute approximate surface area is 159 Å². The number of hydrogen-bond acceptors (Lipinski definition) is 4. The van der Waals surface area contributed by atoms with Crippen LogP contribution in [0.5, 0.6) is 0 Å². The van der Waals surface area contributed by atoms with E-state index in [0.29, 0.717) is 30.6 Å². The molecule has 0 saturated heterocycles. The maximum Gasteiger partial charge on any atom is 0.320 e. The van der Waals surface area contributed by atoms with Crippen LogP contribution in [0.2, 0.25) is 0 Å². The maximum absolute atomic E-state index is 13.2. The minimum absolute atomic E-state index is 0.104. The van der Waals surface area contributed by atoms with Crippen molar-refractivity contribution in [1.82, 2.24) is 5.32 Å². The lowest BCUT2D eigenvalue weighted by molar-refractivity contribution is -0.141. The molecule has 0 aromatic heterocycles. The van der Waals surface area contributed by atoms with Gasteiger partial charge in [0.15, 0.2) is 0 Å². The molecule has 1 fully saturated rings. The second-order valence-electron chi connectivity index (χ2n) is 7.52. The number of nitrogens with zero attached hydrogens (tertiary/aromatic N) is 1. The summed E-state index contributed by atoms with van der Waals surface area (Å²) in [5, 5.41) is 15.3. The van der Waals surface area contributed by atoms with Crippen LogP contribution in [0.3, 0.4) is 0 Å². The zero-order chi connectivity index (χ0) is 19.6. The minimum atomic E-state index is -0.968. The molecular formula is C20H27N3O4. The standard InChI is InChI=1S/C20H27N3O4/c1-3-13(2)17(18(25)26)21-12-16(24)23-15-9-5-4-8-14(15)22-19(27)20(23)10-6-7-11-20/h4-5,8-9,13,17,21H,3,6-7,10-12H2,1-2H3,(H,22,27)(H,25,26)/t13-,17-/m0/s1. The number of aliphatic carboxylic acids is 1. The van der Waals surface area contributed by atoms with Gasteiger partial charge in [-0.25, -0.2) is 0 Å². The van der Waals surface area contributed by atoms with Crippen molar-refractivity contribution in [3.05, 3.63) is 24.3 Å². The molecule has 7 nitrogen and oxygen atoms in total. The number of rotatable bonds is 6. The number of benzene rings is 1. The van der Waals surface area contributed by atoms with Gasteiger partial charge < -0.3 is 10.4 Å². The predicted octanol–water partition coefficient (Wildman–Crippen LogP) is 2.37. The van der Waals surface area contributed by atoms with E-state index in [2.05, 4.69) is 10.6 Å². The maximum atomic E-state index is 13.2. The van der Waals surface area contributed by atoms with Crippen molar-refractivity contribution in [2.24, 2.45) is 5.92 Å². The third-order valence-electron chi connectivity index (χ3n) is 5.88. The summed E-state index contributed by atoms with van der Waals surface area (Å²) in [5.74, 6) is -1.49. The Kier molecular flexibility index (Phi) is 5.51. The smallest absolute Gasteiger partial charge is 0.320 e. The number of fused-ring (bicyclic) bond motifs is 1. The van der Waals surface area contributed by atoms with Gasteiger partial charge in [-0.3, -0.25) is 24.6 Å². The Morgan fingerprint density at radius 2 is 1.96 bits per heavy atom. The SMILES string of the molecule is CC[C@H](C)[C@H](NCC(=O)N1c2ccccc2NC(=O)C12CCCC2)C(=O)O. The van der Waals surface area contributed by atoms with Crippen molar-refractivity contribution < 1.29 is 19.5 Å². The van der Waals surface area contributed by atoms with Crippen LogP contribution in [0.1, 0.15) is 46.0 Å². The normalized spacial score (nSPS) is 20.1. The summed E-state index contributed by atoms with van der Waals surface area (Å²) in [6, 6.07) is 6.47. The van der Waals surface area contributed by atoms with E-state index < -0.39 is 17.6 Å². The lowest BCUT2D eigenvalue weighted by Gasteiger charge is -2.44. The number of carbonyl (C=O) groups is 3. The number of carbonyl (C=O) groups excluding carboxylic acids is 2. The van der Waals surface area contributed by atoms with Gasteiger partial charge in [0.1, 0.15) is 11.6 Å². The summed E-state index contributed by atoms with van der Waals surface area (Å²) in [5.41, 5.74) is 0.425. The molecule has 2 amide bonds. The zero-order valence-corrected chi connectivity index (χ0v) is 15.8. The van der Waals surface area contributed by atoms with Gasteiger partial charge in [0.2, 0.25) is 5.91 Å². The lowest BCUT2D eigenvalue weighted by atomic mass is 9.89. The molecule has 2 aliphatic rings. The van der Waals surface area contributed by atoms with Gasteiger partial charge in [-0.15, -0.1) is 0 Å². The molecule has 3 rings (SSSR count). The number of anilines is 2. The van der Waals surface area contributed by atoms with Crippen LogP contribution in [0.15, 0.2) is 24.3 Å². The number of para-hydroxylation sites is 2. The van der Waals surface area contributed by atoms with Crippen molar-refractivity contribution in [2.45, 2.75) is 57.5 Å². The molecule has 1 heterocycles. The molecule has 1 aliphatic heterocycles. The zero-order valence-electron chi connectivity index (χ0n) is 15.8. The first-order valence-corrected chi connectivity index (χ1v) is 9.60. The fraction of sp³-hybridized carbons (Fsp3) is 0.550. The summed E-state index contributed by atoms with van der Waals surface area (Å²) in [4.78, 5) is 39.2. The van der Waals surface area contributed by atoms with Gasteiger partial charge in [-0.05, 0) is 30.9 Å². The number of hydrogen-bond donors (Lipinski definition) is 3. The van der Waals surface area contributed by atoms with E-state index >= 15 is 0 Å². The molecular weight excluding hydrogens is 346 g/mol. The highest BCUT2D eigenvalue weighted by Gasteiger charge is 2.52. The molecule has 1 spiro atoms. The molecule has 1 aromatic carbocycles.